The van der Waals surface area contributed by atoms with Gasteiger partial charge in [0, 0.05) is 12.4 Å². The van der Waals surface area contributed by atoms with Crippen LogP contribution >= 0.6 is 0 Å². The lowest BCUT2D eigenvalue weighted by molar-refractivity contribution is 0.708. The zero-order valence-corrected chi connectivity index (χ0v) is 5.14. The average molecular weight is 135 g/mol. The van der Waals surface area contributed by atoms with E-state index in [0.29, 0.717) is 0 Å². The van der Waals surface area contributed by atoms with Crippen molar-refractivity contribution >= 4 is 0 Å². The maximum absolute atomic E-state index is 10.9. The molecule has 2 aromatic rings. The molecule has 0 aliphatic rings. The summed E-state index contributed by atoms with van der Waals surface area (Å²) in [7, 11) is 0. The number of hydrogen-bond acceptors (Lipinski definition) is 2. The minimum absolute atomic E-state index is 0.111. The Kier molecular flexibility index (Phi) is 0.887. The molecular weight excluding hydrogens is 130 g/mol. The van der Waals surface area contributed by atoms with Crippen molar-refractivity contribution in [2.45, 2.75) is 0 Å². The Morgan fingerprint density at radius 1 is 1.30 bits per heavy atom. The van der Waals surface area contributed by atoms with Gasteiger partial charge in [-0.25, -0.2) is 4.52 Å². The number of aromatic nitrogens is 3. The molecule has 4 nitrogen and oxygen atoms in total. The van der Waals surface area contributed by atoms with Crippen LogP contribution in [0.15, 0.2) is 35.5 Å². The van der Waals surface area contributed by atoms with Crippen LogP contribution in [0, 0.1) is 0 Å². The highest BCUT2D eigenvalue weighted by Gasteiger charge is 1.91. The summed E-state index contributed by atoms with van der Waals surface area (Å²) in [4.78, 5) is 10.9. The summed E-state index contributed by atoms with van der Waals surface area (Å²) in [5.41, 5.74) is -0.111. The van der Waals surface area contributed by atoms with E-state index in [1.165, 1.54) is 15.3 Å². The van der Waals surface area contributed by atoms with Crippen molar-refractivity contribution in [3.8, 4) is 0 Å². The molecule has 0 amide bonds. The van der Waals surface area contributed by atoms with Crippen molar-refractivity contribution in [2.75, 3.05) is 0 Å². The van der Waals surface area contributed by atoms with Gasteiger partial charge >= 0.3 is 0 Å². The quantitative estimate of drug-likeness (QED) is 0.501. The zero-order valence-electron chi connectivity index (χ0n) is 5.14. The molecule has 0 unspecified atom stereocenters. The summed E-state index contributed by atoms with van der Waals surface area (Å²) >= 11 is 0. The molecule has 2 aromatic heterocycles. The Morgan fingerprint density at radius 3 is 2.90 bits per heavy atom. The summed E-state index contributed by atoms with van der Waals surface area (Å²) in [6.45, 7) is 0. The van der Waals surface area contributed by atoms with Gasteiger partial charge in [-0.3, -0.25) is 4.79 Å². The Bertz CT molecular complexity index is 400. The van der Waals surface area contributed by atoms with Crippen LogP contribution < -0.4 is 5.56 Å². The van der Waals surface area contributed by atoms with Crippen LogP contribution in [-0.4, -0.2) is 14.2 Å². The third kappa shape index (κ3) is 0.556. The highest BCUT2D eigenvalue weighted by atomic mass is 16.1. The van der Waals surface area contributed by atoms with Gasteiger partial charge in [0.05, 0.1) is 0 Å². The molecule has 10 heavy (non-hydrogen) atoms. The Morgan fingerprint density at radius 2 is 2.10 bits per heavy atom. The van der Waals surface area contributed by atoms with Crippen molar-refractivity contribution in [1.82, 2.24) is 14.2 Å². The lowest BCUT2D eigenvalue weighted by Crippen LogP contribution is -2.09. The average Bonchev–Trinajstić information content (AvgIpc) is 2.34. The fraction of sp³-hybridized carbons (Fsp3) is 0. The SMILES string of the molecule is O=c1cnn2ccccn12. The Hall–Kier alpha value is -1.58. The largest absolute Gasteiger partial charge is 0.291 e. The van der Waals surface area contributed by atoms with E-state index in [1.807, 2.05) is 6.07 Å². The fourth-order valence-corrected chi connectivity index (χ4v) is 0.834. The number of hydrogen-bond donors (Lipinski definition) is 0. The predicted octanol–water partition coefficient (Wildman–Crippen LogP) is -0.206. The van der Waals surface area contributed by atoms with Gasteiger partial charge < -0.3 is 0 Å². The van der Waals surface area contributed by atoms with E-state index in [4.69, 9.17) is 0 Å². The highest BCUT2D eigenvalue weighted by Crippen LogP contribution is 1.80. The van der Waals surface area contributed by atoms with Crippen LogP contribution in [0.2, 0.25) is 0 Å². The minimum atomic E-state index is -0.111. The van der Waals surface area contributed by atoms with Crippen LogP contribution in [0.1, 0.15) is 0 Å². The minimum Gasteiger partial charge on any atom is -0.266 e. The van der Waals surface area contributed by atoms with Gasteiger partial charge in [0.15, 0.2) is 0 Å². The van der Waals surface area contributed by atoms with Gasteiger partial charge in [0.25, 0.3) is 5.56 Å². The van der Waals surface area contributed by atoms with Crippen molar-refractivity contribution in [3.63, 3.8) is 0 Å². The first kappa shape index (κ1) is 5.22. The van der Waals surface area contributed by atoms with Crippen molar-refractivity contribution in [3.05, 3.63) is 41.1 Å². The fourth-order valence-electron chi connectivity index (χ4n) is 0.834. The molecule has 0 aliphatic heterocycles. The molecule has 0 bridgehead atoms. The summed E-state index contributed by atoms with van der Waals surface area (Å²) in [5.74, 6) is 0. The Balaban J connectivity index is 3.07. The first-order valence-corrected chi connectivity index (χ1v) is 2.89. The zero-order chi connectivity index (χ0) is 6.97. The third-order valence-corrected chi connectivity index (χ3v) is 1.29. The molecular formula is C6H5N3O. The van der Waals surface area contributed by atoms with Crippen LogP contribution in [0.5, 0.6) is 0 Å². The smallest absolute Gasteiger partial charge is 0.266 e. The molecule has 0 aromatic carbocycles. The molecule has 2 heterocycles. The number of rotatable bonds is 0. The molecule has 0 atom stereocenters. The standard InChI is InChI=1S/C6H5N3O/c10-6-5-7-9-4-2-1-3-8(6)9/h1-5H. The summed E-state index contributed by atoms with van der Waals surface area (Å²) in [5, 5.41) is 3.79. The third-order valence-electron chi connectivity index (χ3n) is 1.29. The van der Waals surface area contributed by atoms with Crippen LogP contribution in [-0.2, 0) is 0 Å². The first-order chi connectivity index (χ1) is 4.88. The highest BCUT2D eigenvalue weighted by molar-refractivity contribution is 4.88. The molecule has 50 valence electrons. The van der Waals surface area contributed by atoms with E-state index in [2.05, 4.69) is 5.10 Å². The molecule has 0 radical (unpaired) electrons. The lowest BCUT2D eigenvalue weighted by atomic mass is 10.6. The summed E-state index contributed by atoms with van der Waals surface area (Å²) < 4.78 is 2.89. The second kappa shape index (κ2) is 1.70. The van der Waals surface area contributed by atoms with E-state index in [-0.39, 0.29) is 5.56 Å². The normalized spacial score (nSPS) is 10.4. The predicted molar refractivity (Wildman–Crippen MR) is 34.9 cm³/mol. The van der Waals surface area contributed by atoms with Gasteiger partial charge in [0.2, 0.25) is 0 Å². The molecule has 0 aliphatic carbocycles. The lowest BCUT2D eigenvalue weighted by Gasteiger charge is -1.89. The van der Waals surface area contributed by atoms with E-state index < -0.39 is 0 Å². The number of nitrogens with zero attached hydrogens (tertiary/aromatic N) is 3. The molecule has 0 spiro atoms. The molecule has 0 N–H and O–H groups in total. The van der Waals surface area contributed by atoms with E-state index in [9.17, 15) is 4.79 Å². The summed E-state index contributed by atoms with van der Waals surface area (Å²) in [6.07, 6.45) is 4.65. The van der Waals surface area contributed by atoms with Gasteiger partial charge in [-0.2, -0.15) is 9.73 Å². The van der Waals surface area contributed by atoms with Crippen LogP contribution in [0.25, 0.3) is 0 Å². The van der Waals surface area contributed by atoms with E-state index in [0.717, 1.165) is 0 Å². The maximum Gasteiger partial charge on any atom is 0.291 e. The Labute approximate surface area is 56.3 Å². The van der Waals surface area contributed by atoms with Gasteiger partial charge in [-0.1, -0.05) is 0 Å². The molecule has 0 fully saturated rings. The monoisotopic (exact) mass is 135 g/mol. The van der Waals surface area contributed by atoms with Crippen molar-refractivity contribution in [1.29, 1.82) is 0 Å². The number of fused-ring (bicyclic) bond motifs is 1. The van der Waals surface area contributed by atoms with Crippen LogP contribution in [0.4, 0.5) is 0 Å². The topological polar surface area (TPSA) is 38.8 Å². The van der Waals surface area contributed by atoms with Gasteiger partial charge in [-0.15, -0.1) is 0 Å². The molecule has 4 heteroatoms. The van der Waals surface area contributed by atoms with Crippen LogP contribution in [0.3, 0.4) is 0 Å². The molecule has 0 saturated heterocycles. The maximum atomic E-state index is 10.9. The summed E-state index contributed by atoms with van der Waals surface area (Å²) in [6, 6.07) is 3.59. The second-order valence-electron chi connectivity index (χ2n) is 1.93. The molecule has 2 rings (SSSR count). The van der Waals surface area contributed by atoms with Crippen molar-refractivity contribution in [2.24, 2.45) is 0 Å². The second-order valence-corrected chi connectivity index (χ2v) is 1.93. The van der Waals surface area contributed by atoms with Gasteiger partial charge in [-0.05, 0) is 12.1 Å². The van der Waals surface area contributed by atoms with E-state index in [1.54, 1.807) is 18.5 Å². The molecule has 0 saturated carbocycles. The van der Waals surface area contributed by atoms with Crippen molar-refractivity contribution < 1.29 is 0 Å². The van der Waals surface area contributed by atoms with E-state index >= 15 is 0 Å². The first-order valence-electron chi connectivity index (χ1n) is 2.89. The van der Waals surface area contributed by atoms with Gasteiger partial charge in [0.1, 0.15) is 6.20 Å².